The summed E-state index contributed by atoms with van der Waals surface area (Å²) in [6, 6.07) is -0.184. The first-order valence-electron chi connectivity index (χ1n) is 6.53. The summed E-state index contributed by atoms with van der Waals surface area (Å²) in [6.45, 7) is 4.24. The summed E-state index contributed by atoms with van der Waals surface area (Å²) in [5, 5.41) is 6.02. The molecule has 1 atom stereocenters. The third-order valence-corrected chi connectivity index (χ3v) is 3.05. The highest BCUT2D eigenvalue weighted by Crippen LogP contribution is 2.28. The molecular formula is C12H23ClN2O3. The van der Waals surface area contributed by atoms with Gasteiger partial charge in [0.05, 0.1) is 13.2 Å². The van der Waals surface area contributed by atoms with Crippen LogP contribution in [0, 0.1) is 5.92 Å². The van der Waals surface area contributed by atoms with Gasteiger partial charge in [0.2, 0.25) is 5.91 Å². The van der Waals surface area contributed by atoms with Crippen LogP contribution in [0.1, 0.15) is 19.3 Å². The summed E-state index contributed by atoms with van der Waals surface area (Å²) in [6.07, 6.45) is 3.53. The van der Waals surface area contributed by atoms with Crippen LogP contribution in [0.3, 0.4) is 0 Å². The molecule has 18 heavy (non-hydrogen) atoms. The Morgan fingerprint density at radius 3 is 2.94 bits per heavy atom. The standard InChI is InChI=1S/C12H22N2O3.ClH/c15-12(11-9-17-7-5-13-11)14-4-1-6-16-8-10-2-3-10;/h10-11,13H,1-9H2,(H,14,15);1H. The Hall–Kier alpha value is -0.360. The molecule has 1 aliphatic heterocycles. The lowest BCUT2D eigenvalue weighted by molar-refractivity contribution is -0.125. The summed E-state index contributed by atoms with van der Waals surface area (Å²) < 4.78 is 10.7. The summed E-state index contributed by atoms with van der Waals surface area (Å²) >= 11 is 0. The van der Waals surface area contributed by atoms with Crippen molar-refractivity contribution < 1.29 is 14.3 Å². The van der Waals surface area contributed by atoms with Crippen LogP contribution in [0.5, 0.6) is 0 Å². The van der Waals surface area contributed by atoms with E-state index in [4.69, 9.17) is 9.47 Å². The molecule has 6 heteroatoms. The van der Waals surface area contributed by atoms with Gasteiger partial charge in [-0.05, 0) is 25.2 Å². The van der Waals surface area contributed by atoms with Gasteiger partial charge in [0.25, 0.3) is 0 Å². The number of rotatable bonds is 7. The first kappa shape index (κ1) is 15.7. The second-order valence-corrected chi connectivity index (χ2v) is 4.74. The Kier molecular flexibility index (Phi) is 7.58. The molecule has 106 valence electrons. The molecule has 0 aromatic carbocycles. The van der Waals surface area contributed by atoms with Gasteiger partial charge < -0.3 is 20.1 Å². The zero-order valence-electron chi connectivity index (χ0n) is 10.7. The minimum absolute atomic E-state index is 0. The van der Waals surface area contributed by atoms with E-state index in [1.807, 2.05) is 0 Å². The maximum Gasteiger partial charge on any atom is 0.239 e. The molecule has 1 amide bonds. The molecule has 1 saturated carbocycles. The fourth-order valence-electron chi connectivity index (χ4n) is 1.78. The van der Waals surface area contributed by atoms with Crippen LogP contribution in [0.25, 0.3) is 0 Å². The summed E-state index contributed by atoms with van der Waals surface area (Å²) in [7, 11) is 0. The van der Waals surface area contributed by atoms with Crippen molar-refractivity contribution in [3.63, 3.8) is 0 Å². The van der Waals surface area contributed by atoms with Crippen molar-refractivity contribution in [3.8, 4) is 0 Å². The van der Waals surface area contributed by atoms with Crippen LogP contribution >= 0.6 is 12.4 Å². The number of nitrogens with one attached hydrogen (secondary N) is 2. The molecule has 0 radical (unpaired) electrons. The van der Waals surface area contributed by atoms with Crippen LogP contribution in [0.15, 0.2) is 0 Å². The number of amides is 1. The Bertz CT molecular complexity index is 243. The molecule has 1 unspecified atom stereocenters. The van der Waals surface area contributed by atoms with Crippen molar-refractivity contribution in [1.82, 2.24) is 10.6 Å². The quantitative estimate of drug-likeness (QED) is 0.659. The van der Waals surface area contributed by atoms with Crippen LogP contribution < -0.4 is 10.6 Å². The fourth-order valence-corrected chi connectivity index (χ4v) is 1.78. The van der Waals surface area contributed by atoms with Gasteiger partial charge in [0.15, 0.2) is 0 Å². The first-order valence-corrected chi connectivity index (χ1v) is 6.53. The van der Waals surface area contributed by atoms with E-state index in [9.17, 15) is 4.79 Å². The molecule has 2 fully saturated rings. The Labute approximate surface area is 114 Å². The fraction of sp³-hybridized carbons (Fsp3) is 0.917. The van der Waals surface area contributed by atoms with Gasteiger partial charge >= 0.3 is 0 Å². The molecule has 1 saturated heterocycles. The number of carbonyl (C=O) groups is 1. The van der Waals surface area contributed by atoms with Gasteiger partial charge in [0.1, 0.15) is 6.04 Å². The van der Waals surface area contributed by atoms with Crippen molar-refractivity contribution in [2.24, 2.45) is 5.92 Å². The molecule has 0 aromatic heterocycles. The SMILES string of the molecule is Cl.O=C(NCCCOCC1CC1)C1COCCN1. The lowest BCUT2D eigenvalue weighted by atomic mass is 10.2. The van der Waals surface area contributed by atoms with E-state index in [0.717, 1.165) is 32.1 Å². The molecular weight excluding hydrogens is 256 g/mol. The van der Waals surface area contributed by atoms with Crippen LogP contribution in [0.2, 0.25) is 0 Å². The van der Waals surface area contributed by atoms with Gasteiger partial charge in [-0.2, -0.15) is 0 Å². The molecule has 0 bridgehead atoms. The van der Waals surface area contributed by atoms with Crippen LogP contribution in [-0.2, 0) is 14.3 Å². The maximum atomic E-state index is 11.7. The van der Waals surface area contributed by atoms with Crippen molar-refractivity contribution in [2.45, 2.75) is 25.3 Å². The average Bonchev–Trinajstić information content (AvgIpc) is 3.18. The molecule has 0 spiro atoms. The molecule has 2 rings (SSSR count). The van der Waals surface area contributed by atoms with E-state index in [0.29, 0.717) is 19.8 Å². The highest BCUT2D eigenvalue weighted by atomic mass is 35.5. The lowest BCUT2D eigenvalue weighted by Gasteiger charge is -2.22. The highest BCUT2D eigenvalue weighted by Gasteiger charge is 2.21. The normalized spacial score (nSPS) is 23.2. The summed E-state index contributed by atoms with van der Waals surface area (Å²) in [5.74, 6) is 0.847. The largest absolute Gasteiger partial charge is 0.381 e. The third-order valence-electron chi connectivity index (χ3n) is 3.05. The molecule has 1 aliphatic carbocycles. The molecule has 2 aliphatic rings. The lowest BCUT2D eigenvalue weighted by Crippen LogP contribution is -2.51. The van der Waals surface area contributed by atoms with E-state index in [1.54, 1.807) is 0 Å². The van der Waals surface area contributed by atoms with Crippen LogP contribution in [0.4, 0.5) is 0 Å². The Morgan fingerprint density at radius 1 is 1.44 bits per heavy atom. The predicted octanol–water partition coefficient (Wildman–Crippen LogP) is 0.329. The smallest absolute Gasteiger partial charge is 0.239 e. The van der Waals surface area contributed by atoms with Gasteiger partial charge in [-0.25, -0.2) is 0 Å². The maximum absolute atomic E-state index is 11.7. The first-order chi connectivity index (χ1) is 8.36. The number of morpholine rings is 1. The van der Waals surface area contributed by atoms with Crippen molar-refractivity contribution >= 4 is 18.3 Å². The zero-order chi connectivity index (χ0) is 11.9. The van der Waals surface area contributed by atoms with Gasteiger partial charge in [-0.3, -0.25) is 4.79 Å². The van der Waals surface area contributed by atoms with E-state index < -0.39 is 0 Å². The van der Waals surface area contributed by atoms with E-state index in [-0.39, 0.29) is 24.4 Å². The van der Waals surface area contributed by atoms with Gasteiger partial charge in [0, 0.05) is 26.3 Å². The number of hydrogen-bond donors (Lipinski definition) is 2. The van der Waals surface area contributed by atoms with Crippen molar-refractivity contribution in [1.29, 1.82) is 0 Å². The third kappa shape index (κ3) is 6.00. The van der Waals surface area contributed by atoms with E-state index >= 15 is 0 Å². The van der Waals surface area contributed by atoms with Crippen molar-refractivity contribution in [3.05, 3.63) is 0 Å². The van der Waals surface area contributed by atoms with Crippen molar-refractivity contribution in [2.75, 3.05) is 39.5 Å². The summed E-state index contributed by atoms with van der Waals surface area (Å²) in [5.41, 5.74) is 0. The number of carbonyl (C=O) groups excluding carboxylic acids is 1. The van der Waals surface area contributed by atoms with E-state index in [2.05, 4.69) is 10.6 Å². The minimum atomic E-state index is -0.184. The van der Waals surface area contributed by atoms with Crippen LogP contribution in [-0.4, -0.2) is 51.5 Å². The Morgan fingerprint density at radius 2 is 2.28 bits per heavy atom. The number of hydrogen-bond acceptors (Lipinski definition) is 4. The predicted molar refractivity (Wildman–Crippen MR) is 71.0 cm³/mol. The zero-order valence-corrected chi connectivity index (χ0v) is 11.5. The molecule has 2 N–H and O–H groups in total. The van der Waals surface area contributed by atoms with Gasteiger partial charge in [-0.1, -0.05) is 0 Å². The second-order valence-electron chi connectivity index (χ2n) is 4.74. The topological polar surface area (TPSA) is 59.6 Å². The van der Waals surface area contributed by atoms with Gasteiger partial charge in [-0.15, -0.1) is 12.4 Å². The van der Waals surface area contributed by atoms with E-state index in [1.165, 1.54) is 12.8 Å². The number of halogens is 1. The highest BCUT2D eigenvalue weighted by molar-refractivity contribution is 5.85. The monoisotopic (exact) mass is 278 g/mol. The molecule has 1 heterocycles. The molecule has 0 aromatic rings. The summed E-state index contributed by atoms with van der Waals surface area (Å²) in [4.78, 5) is 11.7. The second kappa shape index (κ2) is 8.69. The average molecular weight is 279 g/mol. The minimum Gasteiger partial charge on any atom is -0.381 e. The molecule has 5 nitrogen and oxygen atoms in total. The number of ether oxygens (including phenoxy) is 2. The Balaban J connectivity index is 0.00000162.